The van der Waals surface area contributed by atoms with Crippen LogP contribution in [-0.2, 0) is 16.6 Å². The van der Waals surface area contributed by atoms with Gasteiger partial charge in [-0.2, -0.15) is 13.2 Å². The van der Waals surface area contributed by atoms with Gasteiger partial charge in [0.2, 0.25) is 5.09 Å². The van der Waals surface area contributed by atoms with Crippen LogP contribution in [0.1, 0.15) is 25.0 Å². The Morgan fingerprint density at radius 2 is 1.90 bits per heavy atom. The van der Waals surface area contributed by atoms with Crippen molar-refractivity contribution in [2.45, 2.75) is 37.1 Å². The van der Waals surface area contributed by atoms with E-state index in [1.54, 1.807) is 0 Å². The van der Waals surface area contributed by atoms with Crippen molar-refractivity contribution in [1.82, 2.24) is 9.62 Å². The van der Waals surface area contributed by atoms with Crippen LogP contribution < -0.4 is 5.32 Å². The highest BCUT2D eigenvalue weighted by molar-refractivity contribution is 7.88. The van der Waals surface area contributed by atoms with Crippen LogP contribution in [0.15, 0.2) is 21.6 Å². The average Bonchev–Trinajstić information content (AvgIpc) is 2.81. The molecule has 122 valence electrons. The first-order valence-electron chi connectivity index (χ1n) is 6.41. The molecular formula is C12H19F3N2O3S. The summed E-state index contributed by atoms with van der Waals surface area (Å²) in [5.74, 6) is 0.422. The molecule has 1 heterocycles. The van der Waals surface area contributed by atoms with Crippen LogP contribution in [0, 0.1) is 0 Å². The Morgan fingerprint density at radius 3 is 2.48 bits per heavy atom. The molecule has 0 atom stereocenters. The lowest BCUT2D eigenvalue weighted by atomic mass is 10.2. The molecule has 1 aromatic heterocycles. The molecule has 1 aromatic rings. The topological polar surface area (TPSA) is 62.6 Å². The number of nitrogens with zero attached hydrogens (tertiary/aromatic N) is 1. The zero-order valence-electron chi connectivity index (χ0n) is 11.9. The van der Waals surface area contributed by atoms with Gasteiger partial charge in [0, 0.05) is 20.5 Å². The number of sulfonamides is 1. The minimum absolute atomic E-state index is 0.0644. The summed E-state index contributed by atoms with van der Waals surface area (Å²) in [5.41, 5.74) is 0. The summed E-state index contributed by atoms with van der Waals surface area (Å²) in [6, 6.07) is 2.88. The molecule has 0 aliphatic rings. The van der Waals surface area contributed by atoms with Crippen LogP contribution in [0.2, 0.25) is 0 Å². The van der Waals surface area contributed by atoms with Gasteiger partial charge in [-0.25, -0.2) is 12.7 Å². The first-order valence-corrected chi connectivity index (χ1v) is 7.85. The van der Waals surface area contributed by atoms with E-state index in [2.05, 4.69) is 5.32 Å². The van der Waals surface area contributed by atoms with Crippen LogP contribution in [0.5, 0.6) is 0 Å². The molecule has 21 heavy (non-hydrogen) atoms. The number of halogens is 3. The molecule has 0 unspecified atom stereocenters. The number of furan rings is 1. The minimum Gasteiger partial charge on any atom is -0.447 e. The third kappa shape index (κ3) is 6.06. The summed E-state index contributed by atoms with van der Waals surface area (Å²) in [6.45, 7) is 0.682. The Kier molecular flexibility index (Phi) is 6.24. The highest BCUT2D eigenvalue weighted by Gasteiger charge is 2.25. The molecular weight excluding hydrogens is 309 g/mol. The van der Waals surface area contributed by atoms with Crippen LogP contribution in [0.4, 0.5) is 13.2 Å². The van der Waals surface area contributed by atoms with E-state index in [9.17, 15) is 21.6 Å². The number of hydrogen-bond acceptors (Lipinski definition) is 4. The van der Waals surface area contributed by atoms with Crippen molar-refractivity contribution in [3.63, 3.8) is 0 Å². The highest BCUT2D eigenvalue weighted by atomic mass is 32.2. The fourth-order valence-corrected chi connectivity index (χ4v) is 2.37. The van der Waals surface area contributed by atoms with Gasteiger partial charge in [0.1, 0.15) is 5.76 Å². The molecule has 0 spiro atoms. The summed E-state index contributed by atoms with van der Waals surface area (Å²) >= 11 is 0. The van der Waals surface area contributed by atoms with E-state index >= 15 is 0 Å². The molecule has 0 radical (unpaired) electrons. The van der Waals surface area contributed by atoms with Crippen LogP contribution >= 0.6 is 0 Å². The lowest BCUT2D eigenvalue weighted by Gasteiger charge is -2.08. The minimum atomic E-state index is -4.11. The first-order chi connectivity index (χ1) is 9.63. The van der Waals surface area contributed by atoms with Crippen molar-refractivity contribution >= 4 is 10.0 Å². The molecule has 1 N–H and O–H groups in total. The van der Waals surface area contributed by atoms with Crippen molar-refractivity contribution in [1.29, 1.82) is 0 Å². The predicted octanol–water partition coefficient (Wildman–Crippen LogP) is 2.35. The lowest BCUT2D eigenvalue weighted by molar-refractivity contribution is -0.135. The summed E-state index contributed by atoms with van der Waals surface area (Å²) in [4.78, 5) is 0. The van der Waals surface area contributed by atoms with Crippen molar-refractivity contribution < 1.29 is 26.0 Å². The number of nitrogens with one attached hydrogen (secondary N) is 1. The molecule has 0 saturated carbocycles. The van der Waals surface area contributed by atoms with Crippen molar-refractivity contribution in [3.8, 4) is 0 Å². The fourth-order valence-electron chi connectivity index (χ4n) is 1.56. The third-order valence-electron chi connectivity index (χ3n) is 2.73. The maximum atomic E-state index is 11.9. The van der Waals surface area contributed by atoms with Crippen molar-refractivity contribution in [2.24, 2.45) is 0 Å². The Balaban J connectivity index is 2.33. The number of unbranched alkanes of at least 4 members (excludes halogenated alkanes) is 1. The van der Waals surface area contributed by atoms with Gasteiger partial charge in [0.25, 0.3) is 10.0 Å². The smallest absolute Gasteiger partial charge is 0.389 e. The van der Waals surface area contributed by atoms with E-state index in [1.807, 2.05) is 0 Å². The van der Waals surface area contributed by atoms with E-state index in [0.29, 0.717) is 18.7 Å². The lowest BCUT2D eigenvalue weighted by Crippen LogP contribution is -2.21. The molecule has 9 heteroatoms. The molecule has 5 nitrogen and oxygen atoms in total. The monoisotopic (exact) mass is 328 g/mol. The number of rotatable bonds is 8. The van der Waals surface area contributed by atoms with Gasteiger partial charge in [-0.05, 0) is 31.5 Å². The summed E-state index contributed by atoms with van der Waals surface area (Å²) in [7, 11) is -0.799. The average molecular weight is 328 g/mol. The van der Waals surface area contributed by atoms with Gasteiger partial charge in [-0.3, -0.25) is 0 Å². The quantitative estimate of drug-likeness (QED) is 0.744. The largest absolute Gasteiger partial charge is 0.447 e. The maximum absolute atomic E-state index is 11.9. The second-order valence-electron chi connectivity index (χ2n) is 4.76. The zero-order valence-corrected chi connectivity index (χ0v) is 12.7. The first kappa shape index (κ1) is 18.0. The number of alkyl halides is 3. The molecule has 0 amide bonds. The molecule has 0 aliphatic carbocycles. The van der Waals surface area contributed by atoms with Crippen LogP contribution in [-0.4, -0.2) is 39.5 Å². The van der Waals surface area contributed by atoms with Gasteiger partial charge in [-0.15, -0.1) is 0 Å². The Labute approximate surface area is 122 Å². The van der Waals surface area contributed by atoms with Gasteiger partial charge in [0.15, 0.2) is 0 Å². The zero-order chi connectivity index (χ0) is 16.1. The van der Waals surface area contributed by atoms with E-state index in [0.717, 1.165) is 4.31 Å². The van der Waals surface area contributed by atoms with Gasteiger partial charge < -0.3 is 9.73 Å². The van der Waals surface area contributed by atoms with Crippen molar-refractivity contribution in [3.05, 3.63) is 17.9 Å². The Morgan fingerprint density at radius 1 is 1.24 bits per heavy atom. The SMILES string of the molecule is CN(C)S(=O)(=O)c1ccc(CNCCCCC(F)(F)F)o1. The van der Waals surface area contributed by atoms with Gasteiger partial charge in [0.05, 0.1) is 6.54 Å². The summed E-state index contributed by atoms with van der Waals surface area (Å²) in [5, 5.41) is 2.76. The molecule has 0 aliphatic heterocycles. The van der Waals surface area contributed by atoms with E-state index in [4.69, 9.17) is 4.42 Å². The second kappa shape index (κ2) is 7.28. The predicted molar refractivity (Wildman–Crippen MR) is 71.2 cm³/mol. The van der Waals surface area contributed by atoms with E-state index in [1.165, 1.54) is 26.2 Å². The number of hydrogen-bond donors (Lipinski definition) is 1. The molecule has 1 rings (SSSR count). The van der Waals surface area contributed by atoms with Crippen LogP contribution in [0.25, 0.3) is 0 Å². The second-order valence-corrected chi connectivity index (χ2v) is 6.84. The van der Waals surface area contributed by atoms with E-state index < -0.39 is 22.6 Å². The van der Waals surface area contributed by atoms with Gasteiger partial charge in [-0.1, -0.05) is 0 Å². The summed E-state index contributed by atoms with van der Waals surface area (Å²) < 4.78 is 65.5. The van der Waals surface area contributed by atoms with Crippen LogP contribution in [0.3, 0.4) is 0 Å². The molecule has 0 aromatic carbocycles. The molecule has 0 fully saturated rings. The molecule has 0 bridgehead atoms. The Bertz CT molecular complexity index is 538. The Hall–Kier alpha value is -1.06. The maximum Gasteiger partial charge on any atom is 0.389 e. The fraction of sp³-hybridized carbons (Fsp3) is 0.667. The molecule has 0 saturated heterocycles. The van der Waals surface area contributed by atoms with Gasteiger partial charge >= 0.3 is 6.18 Å². The normalized spacial score (nSPS) is 13.0. The third-order valence-corrected chi connectivity index (χ3v) is 4.42. The standard InChI is InChI=1S/C12H19F3N2O3S/c1-17(2)21(18,19)11-6-5-10(20-11)9-16-8-4-3-7-12(13,14)15/h5-6,16H,3-4,7-9H2,1-2H3. The summed E-state index contributed by atoms with van der Waals surface area (Å²) in [6.07, 6.45) is -4.45. The van der Waals surface area contributed by atoms with Crippen molar-refractivity contribution in [2.75, 3.05) is 20.6 Å². The van der Waals surface area contributed by atoms with E-state index in [-0.39, 0.29) is 18.1 Å². The highest BCUT2D eigenvalue weighted by Crippen LogP contribution is 2.22.